The van der Waals surface area contributed by atoms with Crippen LogP contribution < -0.4 is 0 Å². The predicted octanol–water partition coefficient (Wildman–Crippen LogP) is 3.64. The quantitative estimate of drug-likeness (QED) is 0.836. The van der Waals surface area contributed by atoms with Crippen molar-refractivity contribution in [3.63, 3.8) is 0 Å². The van der Waals surface area contributed by atoms with Gasteiger partial charge in [0, 0.05) is 38.4 Å². The van der Waals surface area contributed by atoms with E-state index in [4.69, 9.17) is 11.6 Å². The zero-order valence-electron chi connectivity index (χ0n) is 13.2. The Balaban J connectivity index is 1.59. The number of halogens is 4. The molecule has 0 aromatic carbocycles. The highest BCUT2D eigenvalue weighted by Gasteiger charge is 2.35. The van der Waals surface area contributed by atoms with Crippen molar-refractivity contribution in [3.05, 3.63) is 46.8 Å². The Morgan fingerprint density at radius 1 is 1.38 bits per heavy atom. The molecule has 0 bridgehead atoms. The number of alkyl halides is 3. The molecule has 0 amide bonds. The molecule has 2 aromatic rings. The highest BCUT2D eigenvalue weighted by molar-refractivity contribution is 6.30. The molecule has 1 aliphatic heterocycles. The summed E-state index contributed by atoms with van der Waals surface area (Å²) in [5.74, 6) is 0.825. The third-order valence-corrected chi connectivity index (χ3v) is 4.39. The Hall–Kier alpha value is -1.60. The van der Waals surface area contributed by atoms with Gasteiger partial charge in [-0.1, -0.05) is 11.6 Å². The van der Waals surface area contributed by atoms with Crippen LogP contribution in [-0.4, -0.2) is 33.0 Å². The van der Waals surface area contributed by atoms with Crippen LogP contribution in [0.5, 0.6) is 0 Å². The van der Waals surface area contributed by atoms with E-state index < -0.39 is 11.9 Å². The third-order valence-electron chi connectivity index (χ3n) is 4.17. The molecule has 3 rings (SSSR count). The highest BCUT2D eigenvalue weighted by Crippen LogP contribution is 2.30. The number of pyridine rings is 1. The van der Waals surface area contributed by atoms with Crippen LogP contribution in [0, 0.1) is 5.92 Å². The molecule has 0 saturated carbocycles. The van der Waals surface area contributed by atoms with Gasteiger partial charge in [-0.2, -0.15) is 13.2 Å². The van der Waals surface area contributed by atoms with Gasteiger partial charge in [0.1, 0.15) is 5.82 Å². The van der Waals surface area contributed by atoms with Crippen LogP contribution in [0.15, 0.2) is 24.5 Å². The fourth-order valence-corrected chi connectivity index (χ4v) is 3.19. The molecule has 0 unspecified atom stereocenters. The molecule has 24 heavy (non-hydrogen) atoms. The summed E-state index contributed by atoms with van der Waals surface area (Å²) in [5.41, 5.74) is 0.122. The maximum Gasteiger partial charge on any atom is 0.434 e. The van der Waals surface area contributed by atoms with Crippen LogP contribution in [-0.2, 0) is 25.7 Å². The van der Waals surface area contributed by atoms with E-state index in [9.17, 15) is 13.2 Å². The minimum atomic E-state index is -4.38. The fraction of sp³-hybridized carbons (Fsp3) is 0.500. The molecule has 8 heteroatoms. The van der Waals surface area contributed by atoms with Gasteiger partial charge in [-0.05, 0) is 31.5 Å². The summed E-state index contributed by atoms with van der Waals surface area (Å²) in [6.07, 6.45) is -0.221. The minimum absolute atomic E-state index is 0.296. The van der Waals surface area contributed by atoms with E-state index in [0.717, 1.165) is 24.9 Å². The van der Waals surface area contributed by atoms with E-state index in [1.54, 1.807) is 16.8 Å². The van der Waals surface area contributed by atoms with Crippen LogP contribution in [0.25, 0.3) is 0 Å². The molecule has 0 saturated heterocycles. The smallest absolute Gasteiger partial charge is 0.334 e. The number of aryl methyl sites for hydroxylation is 1. The van der Waals surface area contributed by atoms with E-state index in [1.165, 1.54) is 0 Å². The average Bonchev–Trinajstić information content (AvgIpc) is 2.93. The Labute approximate surface area is 143 Å². The zero-order valence-corrected chi connectivity index (χ0v) is 14.0. The van der Waals surface area contributed by atoms with Crippen LogP contribution in [0.3, 0.4) is 0 Å². The third kappa shape index (κ3) is 4.08. The van der Waals surface area contributed by atoms with Crippen molar-refractivity contribution in [2.75, 3.05) is 13.6 Å². The molecule has 130 valence electrons. The van der Waals surface area contributed by atoms with E-state index in [2.05, 4.69) is 14.9 Å². The van der Waals surface area contributed by atoms with Gasteiger partial charge in [0.05, 0.1) is 10.7 Å². The van der Waals surface area contributed by atoms with Gasteiger partial charge in [-0.3, -0.25) is 4.98 Å². The van der Waals surface area contributed by atoms with E-state index >= 15 is 0 Å². The lowest BCUT2D eigenvalue weighted by Gasteiger charge is -2.28. The number of rotatable bonds is 4. The van der Waals surface area contributed by atoms with Crippen LogP contribution in [0.4, 0.5) is 13.2 Å². The molecular formula is C16H18ClF3N4. The number of aromatic nitrogens is 3. The Morgan fingerprint density at radius 3 is 2.83 bits per heavy atom. The Morgan fingerprint density at radius 2 is 2.17 bits per heavy atom. The maximum atomic E-state index is 12.8. The number of nitrogens with zero attached hydrogens (tertiary/aromatic N) is 4. The SMILES string of the molecule is CN(Cc1ccc(Cl)cn1)C[C@@H]1CCc2nc(C(F)(F)F)cn2C1. The summed E-state index contributed by atoms with van der Waals surface area (Å²) in [5, 5.41) is 0.599. The monoisotopic (exact) mass is 358 g/mol. The summed E-state index contributed by atoms with van der Waals surface area (Å²) in [4.78, 5) is 10.1. The van der Waals surface area contributed by atoms with Crippen molar-refractivity contribution < 1.29 is 13.2 Å². The molecule has 3 heterocycles. The Kier molecular flexibility index (Phi) is 4.83. The van der Waals surface area contributed by atoms with Gasteiger partial charge in [-0.25, -0.2) is 4.98 Å². The van der Waals surface area contributed by atoms with Crippen molar-refractivity contribution in [1.82, 2.24) is 19.4 Å². The summed E-state index contributed by atoms with van der Waals surface area (Å²) < 4.78 is 39.9. The first-order chi connectivity index (χ1) is 11.3. The van der Waals surface area contributed by atoms with E-state index in [1.807, 2.05) is 13.1 Å². The lowest BCUT2D eigenvalue weighted by Crippen LogP contribution is -2.31. The molecule has 1 atom stereocenters. The molecule has 0 aliphatic carbocycles. The van der Waals surface area contributed by atoms with Crippen molar-refractivity contribution >= 4 is 11.6 Å². The van der Waals surface area contributed by atoms with Gasteiger partial charge in [-0.15, -0.1) is 0 Å². The molecule has 0 radical (unpaired) electrons. The van der Waals surface area contributed by atoms with Gasteiger partial charge < -0.3 is 9.47 Å². The molecule has 2 aromatic heterocycles. The maximum absolute atomic E-state index is 12.8. The fourth-order valence-electron chi connectivity index (χ4n) is 3.08. The summed E-state index contributed by atoms with van der Waals surface area (Å²) in [7, 11) is 1.99. The number of hydrogen-bond donors (Lipinski definition) is 0. The molecule has 4 nitrogen and oxygen atoms in total. The summed E-state index contributed by atoms with van der Waals surface area (Å²) in [6, 6.07) is 3.68. The summed E-state index contributed by atoms with van der Waals surface area (Å²) in [6.45, 7) is 2.04. The second-order valence-corrected chi connectivity index (χ2v) is 6.70. The van der Waals surface area contributed by atoms with Crippen LogP contribution in [0.1, 0.15) is 23.6 Å². The molecule has 0 spiro atoms. The van der Waals surface area contributed by atoms with Crippen molar-refractivity contribution in [3.8, 4) is 0 Å². The van der Waals surface area contributed by atoms with E-state index in [0.29, 0.717) is 36.3 Å². The second kappa shape index (κ2) is 6.72. The first kappa shape index (κ1) is 17.2. The van der Waals surface area contributed by atoms with Crippen molar-refractivity contribution in [1.29, 1.82) is 0 Å². The number of fused-ring (bicyclic) bond motifs is 1. The molecule has 1 aliphatic rings. The topological polar surface area (TPSA) is 34.0 Å². The number of hydrogen-bond acceptors (Lipinski definition) is 3. The first-order valence-corrected chi connectivity index (χ1v) is 8.11. The normalized spacial score (nSPS) is 18.0. The van der Waals surface area contributed by atoms with Gasteiger partial charge >= 0.3 is 6.18 Å². The van der Waals surface area contributed by atoms with Crippen molar-refractivity contribution in [2.45, 2.75) is 32.1 Å². The Bertz CT molecular complexity index is 696. The van der Waals surface area contributed by atoms with Gasteiger partial charge in [0.2, 0.25) is 0 Å². The van der Waals surface area contributed by atoms with Crippen LogP contribution >= 0.6 is 11.6 Å². The zero-order chi connectivity index (χ0) is 17.3. The van der Waals surface area contributed by atoms with Gasteiger partial charge in [0.25, 0.3) is 0 Å². The number of imidazole rings is 1. The van der Waals surface area contributed by atoms with Crippen molar-refractivity contribution in [2.24, 2.45) is 5.92 Å². The average molecular weight is 359 g/mol. The van der Waals surface area contributed by atoms with Crippen LogP contribution in [0.2, 0.25) is 5.02 Å². The van der Waals surface area contributed by atoms with E-state index in [-0.39, 0.29) is 0 Å². The highest BCUT2D eigenvalue weighted by atomic mass is 35.5. The lowest BCUT2D eigenvalue weighted by atomic mass is 9.99. The minimum Gasteiger partial charge on any atom is -0.334 e. The summed E-state index contributed by atoms with van der Waals surface area (Å²) >= 11 is 5.82. The predicted molar refractivity (Wildman–Crippen MR) is 84.6 cm³/mol. The van der Waals surface area contributed by atoms with Gasteiger partial charge in [0.15, 0.2) is 5.69 Å². The standard InChI is InChI=1S/C16H18ClF3N4/c1-23(9-13-4-3-12(17)6-21-13)7-11-2-5-15-22-14(16(18,19)20)10-24(15)8-11/h3-4,6,10-11H,2,5,7-9H2,1H3/t11-/m0/s1. The largest absolute Gasteiger partial charge is 0.434 e. The first-order valence-electron chi connectivity index (χ1n) is 7.73. The molecule has 0 N–H and O–H groups in total. The molecular weight excluding hydrogens is 341 g/mol. The molecule has 0 fully saturated rings. The second-order valence-electron chi connectivity index (χ2n) is 6.26. The lowest BCUT2D eigenvalue weighted by molar-refractivity contribution is -0.141.